The summed E-state index contributed by atoms with van der Waals surface area (Å²) in [6.07, 6.45) is 2.33. The molecule has 3 heterocycles. The molecule has 2 fully saturated rings. The zero-order valence-corrected chi connectivity index (χ0v) is 14.8. The molecule has 2 saturated heterocycles. The van der Waals surface area contributed by atoms with Crippen LogP contribution in [0.5, 0.6) is 0 Å². The van der Waals surface area contributed by atoms with Crippen molar-refractivity contribution in [3.8, 4) is 0 Å². The monoisotopic (exact) mass is 366 g/mol. The van der Waals surface area contributed by atoms with Gasteiger partial charge in [-0.1, -0.05) is 11.6 Å². The first kappa shape index (κ1) is 16.1. The minimum absolute atomic E-state index is 0.179. The highest BCUT2D eigenvalue weighted by Gasteiger charge is 2.34. The molecule has 6 nitrogen and oxygen atoms in total. The molecular weight excluding hydrogens is 348 g/mol. The molecule has 0 spiro atoms. The van der Waals surface area contributed by atoms with Gasteiger partial charge in [0.05, 0.1) is 17.0 Å². The number of aromatic nitrogens is 2. The number of anilines is 1. The smallest absolute Gasteiger partial charge is 0.151 e. The molecule has 0 N–H and O–H groups in total. The van der Waals surface area contributed by atoms with Crippen molar-refractivity contribution < 1.29 is 8.42 Å². The first-order valence-electron chi connectivity index (χ1n) is 8.11. The van der Waals surface area contributed by atoms with Crippen molar-refractivity contribution in [1.29, 1.82) is 0 Å². The Morgan fingerprint density at radius 2 is 1.92 bits per heavy atom. The molecule has 0 aliphatic carbocycles. The average Bonchev–Trinajstić information content (AvgIpc) is 2.94. The third kappa shape index (κ3) is 3.08. The van der Waals surface area contributed by atoms with Gasteiger partial charge in [0.1, 0.15) is 12.1 Å². The zero-order chi connectivity index (χ0) is 16.7. The first-order chi connectivity index (χ1) is 11.5. The molecule has 4 rings (SSSR count). The van der Waals surface area contributed by atoms with Gasteiger partial charge in [0, 0.05) is 42.6 Å². The molecule has 24 heavy (non-hydrogen) atoms. The molecule has 2 aliphatic rings. The van der Waals surface area contributed by atoms with Crippen LogP contribution in [0.2, 0.25) is 5.02 Å². The van der Waals surface area contributed by atoms with Gasteiger partial charge < -0.3 is 4.90 Å². The summed E-state index contributed by atoms with van der Waals surface area (Å²) in [6, 6.07) is 5.85. The van der Waals surface area contributed by atoms with E-state index in [0.29, 0.717) is 16.5 Å². The van der Waals surface area contributed by atoms with Crippen LogP contribution in [0.4, 0.5) is 5.82 Å². The van der Waals surface area contributed by atoms with Crippen LogP contribution >= 0.6 is 11.6 Å². The molecule has 0 radical (unpaired) electrons. The van der Waals surface area contributed by atoms with Crippen molar-refractivity contribution in [1.82, 2.24) is 14.9 Å². The third-order valence-electron chi connectivity index (χ3n) is 4.92. The molecule has 8 heteroatoms. The van der Waals surface area contributed by atoms with Gasteiger partial charge in [-0.2, -0.15) is 0 Å². The minimum Gasteiger partial charge on any atom is -0.353 e. The average molecular weight is 367 g/mol. The summed E-state index contributed by atoms with van der Waals surface area (Å²) in [7, 11) is -2.83. The Kier molecular flexibility index (Phi) is 4.10. The molecule has 0 bridgehead atoms. The van der Waals surface area contributed by atoms with Crippen LogP contribution in [-0.4, -0.2) is 67.0 Å². The maximum atomic E-state index is 11.7. The molecule has 1 atom stereocenters. The quantitative estimate of drug-likeness (QED) is 0.804. The summed E-state index contributed by atoms with van der Waals surface area (Å²) in [6.45, 7) is 3.40. The molecule has 2 aromatic rings. The van der Waals surface area contributed by atoms with E-state index < -0.39 is 9.84 Å². The number of sulfone groups is 1. The fourth-order valence-electron chi connectivity index (χ4n) is 3.63. The first-order valence-corrected chi connectivity index (χ1v) is 10.3. The van der Waals surface area contributed by atoms with Crippen molar-refractivity contribution >= 4 is 38.2 Å². The van der Waals surface area contributed by atoms with Gasteiger partial charge in [-0.15, -0.1) is 0 Å². The second-order valence-corrected chi connectivity index (χ2v) is 9.10. The summed E-state index contributed by atoms with van der Waals surface area (Å²) in [4.78, 5) is 13.3. The van der Waals surface area contributed by atoms with Gasteiger partial charge >= 0.3 is 0 Å². The van der Waals surface area contributed by atoms with E-state index in [2.05, 4.69) is 19.8 Å². The van der Waals surface area contributed by atoms with Gasteiger partial charge in [-0.05, 0) is 24.6 Å². The number of benzene rings is 1. The van der Waals surface area contributed by atoms with Crippen LogP contribution in [0.15, 0.2) is 24.5 Å². The Morgan fingerprint density at radius 3 is 2.62 bits per heavy atom. The number of fused-ring (bicyclic) bond motifs is 1. The van der Waals surface area contributed by atoms with Crippen LogP contribution in [0.1, 0.15) is 6.42 Å². The molecule has 0 amide bonds. The van der Waals surface area contributed by atoms with E-state index in [-0.39, 0.29) is 6.04 Å². The van der Waals surface area contributed by atoms with Gasteiger partial charge in [-0.25, -0.2) is 18.4 Å². The molecule has 2 aliphatic heterocycles. The SMILES string of the molecule is O=S1(=O)CCC(N2CCN(c3ncnc4cc(Cl)ccc34)CC2)C1. The lowest BCUT2D eigenvalue weighted by Gasteiger charge is -2.38. The molecular formula is C16H19ClN4O2S. The van der Waals surface area contributed by atoms with Gasteiger partial charge in [0.2, 0.25) is 0 Å². The van der Waals surface area contributed by atoms with Crippen molar-refractivity contribution in [2.75, 3.05) is 42.6 Å². The molecule has 1 unspecified atom stereocenters. The number of nitrogens with zero attached hydrogens (tertiary/aromatic N) is 4. The Hall–Kier alpha value is -1.44. The zero-order valence-electron chi connectivity index (χ0n) is 13.2. The summed E-state index contributed by atoms with van der Waals surface area (Å²) < 4.78 is 23.4. The van der Waals surface area contributed by atoms with E-state index in [4.69, 9.17) is 11.6 Å². The summed E-state index contributed by atoms with van der Waals surface area (Å²) in [5, 5.41) is 1.67. The number of piperazine rings is 1. The lowest BCUT2D eigenvalue weighted by Crippen LogP contribution is -2.51. The second kappa shape index (κ2) is 6.13. The summed E-state index contributed by atoms with van der Waals surface area (Å²) in [5.74, 6) is 1.56. The van der Waals surface area contributed by atoms with Gasteiger partial charge in [0.15, 0.2) is 9.84 Å². The number of hydrogen-bond donors (Lipinski definition) is 0. The molecule has 1 aromatic heterocycles. The van der Waals surface area contributed by atoms with Crippen molar-refractivity contribution in [2.24, 2.45) is 0 Å². The maximum absolute atomic E-state index is 11.7. The summed E-state index contributed by atoms with van der Waals surface area (Å²) >= 11 is 6.04. The third-order valence-corrected chi connectivity index (χ3v) is 6.90. The highest BCUT2D eigenvalue weighted by Crippen LogP contribution is 2.27. The van der Waals surface area contributed by atoms with Gasteiger partial charge in [0.25, 0.3) is 0 Å². The standard InChI is InChI=1S/C16H19ClN4O2S/c17-12-1-2-14-15(9-12)18-11-19-16(14)21-6-4-20(5-7-21)13-3-8-24(22,23)10-13/h1-2,9,11,13H,3-8,10H2. The Bertz CT molecular complexity index is 866. The maximum Gasteiger partial charge on any atom is 0.151 e. The number of hydrogen-bond acceptors (Lipinski definition) is 6. The van der Waals surface area contributed by atoms with E-state index in [1.807, 2.05) is 18.2 Å². The lowest BCUT2D eigenvalue weighted by molar-refractivity contribution is 0.200. The molecule has 0 saturated carbocycles. The largest absolute Gasteiger partial charge is 0.353 e. The fourth-order valence-corrected chi connectivity index (χ4v) is 5.56. The normalized spacial score (nSPS) is 24.5. The van der Waals surface area contributed by atoms with E-state index in [1.165, 1.54) is 0 Å². The molecule has 128 valence electrons. The lowest BCUT2D eigenvalue weighted by atomic mass is 10.1. The van der Waals surface area contributed by atoms with E-state index >= 15 is 0 Å². The van der Waals surface area contributed by atoms with E-state index in [0.717, 1.165) is 49.3 Å². The number of rotatable bonds is 2. The van der Waals surface area contributed by atoms with E-state index in [9.17, 15) is 8.42 Å². The van der Waals surface area contributed by atoms with Crippen LogP contribution in [0.25, 0.3) is 10.9 Å². The molecule has 1 aromatic carbocycles. The predicted octanol–water partition coefficient (Wildman–Crippen LogP) is 1.59. The van der Waals surface area contributed by atoms with Crippen molar-refractivity contribution in [3.05, 3.63) is 29.5 Å². The van der Waals surface area contributed by atoms with E-state index in [1.54, 1.807) is 6.33 Å². The van der Waals surface area contributed by atoms with Crippen LogP contribution in [0.3, 0.4) is 0 Å². The number of halogens is 1. The Labute approximate surface area is 146 Å². The van der Waals surface area contributed by atoms with Crippen LogP contribution < -0.4 is 4.90 Å². The highest BCUT2D eigenvalue weighted by atomic mass is 35.5. The van der Waals surface area contributed by atoms with Crippen LogP contribution in [-0.2, 0) is 9.84 Å². The van der Waals surface area contributed by atoms with Crippen LogP contribution in [0, 0.1) is 0 Å². The fraction of sp³-hybridized carbons (Fsp3) is 0.500. The highest BCUT2D eigenvalue weighted by molar-refractivity contribution is 7.91. The van der Waals surface area contributed by atoms with Gasteiger partial charge in [-0.3, -0.25) is 4.90 Å². The van der Waals surface area contributed by atoms with Crippen molar-refractivity contribution in [2.45, 2.75) is 12.5 Å². The van der Waals surface area contributed by atoms with Crippen molar-refractivity contribution in [3.63, 3.8) is 0 Å². The predicted molar refractivity (Wildman–Crippen MR) is 95.4 cm³/mol. The topological polar surface area (TPSA) is 66.4 Å². The Balaban J connectivity index is 1.50. The minimum atomic E-state index is -2.83. The Morgan fingerprint density at radius 1 is 1.12 bits per heavy atom. The summed E-state index contributed by atoms with van der Waals surface area (Å²) in [5.41, 5.74) is 0.844. The second-order valence-electron chi connectivity index (χ2n) is 6.44.